The zero-order valence-corrected chi connectivity index (χ0v) is 10.2. The van der Waals surface area contributed by atoms with Crippen molar-refractivity contribution < 1.29 is 13.5 Å². The van der Waals surface area contributed by atoms with Crippen molar-refractivity contribution in [2.75, 3.05) is 12.0 Å². The average Bonchev–Trinajstić information content (AvgIpc) is 2.16. The number of hydrogen-bond donors (Lipinski definition) is 2. The molecule has 90 valence electrons. The van der Waals surface area contributed by atoms with Crippen LogP contribution in [0, 0.1) is 0 Å². The van der Waals surface area contributed by atoms with Gasteiger partial charge in [0.25, 0.3) is 0 Å². The minimum absolute atomic E-state index is 0.370. The van der Waals surface area contributed by atoms with E-state index in [1.54, 1.807) is 31.2 Å². The normalized spacial score (nSPS) is 15.7. The number of anilines is 1. The van der Waals surface area contributed by atoms with Crippen LogP contribution in [0.5, 0.6) is 0 Å². The summed E-state index contributed by atoms with van der Waals surface area (Å²) < 4.78 is 22.9. The van der Waals surface area contributed by atoms with Gasteiger partial charge in [0.1, 0.15) is 0 Å². The average molecular weight is 243 g/mol. The van der Waals surface area contributed by atoms with Gasteiger partial charge in [0, 0.05) is 11.9 Å². The summed E-state index contributed by atoms with van der Waals surface area (Å²) in [6, 6.07) is 6.66. The molecule has 5 heteroatoms. The topological polar surface area (TPSA) is 80.4 Å². The van der Waals surface area contributed by atoms with Gasteiger partial charge >= 0.3 is 0 Å². The first kappa shape index (κ1) is 13.0. The quantitative estimate of drug-likeness (QED) is 0.777. The van der Waals surface area contributed by atoms with E-state index in [1.165, 1.54) is 0 Å². The molecule has 0 fully saturated rings. The third-order valence-electron chi connectivity index (χ3n) is 2.56. The van der Waals surface area contributed by atoms with E-state index >= 15 is 0 Å². The first-order valence-electron chi connectivity index (χ1n) is 5.08. The third kappa shape index (κ3) is 2.96. The van der Waals surface area contributed by atoms with Gasteiger partial charge in [-0.15, -0.1) is 0 Å². The highest BCUT2D eigenvalue weighted by molar-refractivity contribution is 7.91. The van der Waals surface area contributed by atoms with Crippen LogP contribution in [-0.2, 0) is 9.84 Å². The Kier molecular flexibility index (Phi) is 3.93. The fraction of sp³-hybridized carbons (Fsp3) is 0.455. The van der Waals surface area contributed by atoms with Crippen molar-refractivity contribution in [3.63, 3.8) is 0 Å². The van der Waals surface area contributed by atoms with Crippen molar-refractivity contribution in [2.24, 2.45) is 0 Å². The fourth-order valence-electron chi connectivity index (χ4n) is 1.72. The lowest BCUT2D eigenvalue weighted by Gasteiger charge is -2.20. The molecule has 0 spiro atoms. The Bertz CT molecular complexity index is 456. The molecule has 1 aromatic carbocycles. The molecule has 1 rings (SSSR count). The van der Waals surface area contributed by atoms with Gasteiger partial charge in [-0.05, 0) is 24.1 Å². The van der Waals surface area contributed by atoms with Crippen LogP contribution < -0.4 is 5.73 Å². The van der Waals surface area contributed by atoms with Crippen LogP contribution in [0.2, 0.25) is 0 Å². The summed E-state index contributed by atoms with van der Waals surface area (Å²) in [5.41, 5.74) is 6.64. The van der Waals surface area contributed by atoms with Crippen molar-refractivity contribution in [1.82, 2.24) is 0 Å². The smallest absolute Gasteiger partial charge is 0.153 e. The van der Waals surface area contributed by atoms with Gasteiger partial charge in [0.2, 0.25) is 0 Å². The minimum atomic E-state index is -3.27. The lowest BCUT2D eigenvalue weighted by atomic mass is 10.0. The summed E-state index contributed by atoms with van der Waals surface area (Å²) in [7, 11) is -3.27. The molecule has 0 bridgehead atoms. The molecule has 0 aliphatic heterocycles. The van der Waals surface area contributed by atoms with Crippen LogP contribution >= 0.6 is 0 Å². The minimum Gasteiger partial charge on any atom is -0.399 e. The fourth-order valence-corrected chi connectivity index (χ4v) is 2.95. The molecule has 0 amide bonds. The molecule has 16 heavy (non-hydrogen) atoms. The monoisotopic (exact) mass is 243 g/mol. The summed E-state index contributed by atoms with van der Waals surface area (Å²) in [6.45, 7) is 1.74. The van der Waals surface area contributed by atoms with Crippen LogP contribution in [0.4, 0.5) is 5.69 Å². The third-order valence-corrected chi connectivity index (χ3v) is 4.25. The van der Waals surface area contributed by atoms with Crippen LogP contribution in [0.15, 0.2) is 24.3 Å². The van der Waals surface area contributed by atoms with E-state index in [2.05, 4.69) is 0 Å². The maximum atomic E-state index is 11.5. The second kappa shape index (κ2) is 4.84. The van der Waals surface area contributed by atoms with Gasteiger partial charge in [-0.2, -0.15) is 0 Å². The van der Waals surface area contributed by atoms with Crippen LogP contribution in [0.3, 0.4) is 0 Å². The number of sulfone groups is 1. The number of nitrogen functional groups attached to an aromatic ring is 1. The lowest BCUT2D eigenvalue weighted by Crippen LogP contribution is -2.26. The molecule has 0 aliphatic rings. The van der Waals surface area contributed by atoms with Crippen LogP contribution in [0.1, 0.15) is 25.0 Å². The Labute approximate surface area is 96.0 Å². The van der Waals surface area contributed by atoms with Crippen LogP contribution in [-0.4, -0.2) is 25.0 Å². The van der Waals surface area contributed by atoms with E-state index in [0.29, 0.717) is 17.7 Å². The zero-order valence-electron chi connectivity index (χ0n) is 9.42. The number of hydrogen-bond acceptors (Lipinski definition) is 4. The largest absolute Gasteiger partial charge is 0.399 e. The molecule has 2 atom stereocenters. The highest BCUT2D eigenvalue weighted by Crippen LogP contribution is 2.25. The van der Waals surface area contributed by atoms with Gasteiger partial charge in [0.15, 0.2) is 9.84 Å². The summed E-state index contributed by atoms with van der Waals surface area (Å²) in [4.78, 5) is 0. The Morgan fingerprint density at radius 2 is 2.06 bits per heavy atom. The van der Waals surface area contributed by atoms with Crippen molar-refractivity contribution in [3.05, 3.63) is 29.8 Å². The number of nitrogens with two attached hydrogens (primary N) is 1. The Morgan fingerprint density at radius 3 is 2.50 bits per heavy atom. The highest BCUT2D eigenvalue weighted by atomic mass is 32.2. The Balaban J connectivity index is 3.05. The number of aliphatic hydroxyl groups is 1. The van der Waals surface area contributed by atoms with E-state index in [4.69, 9.17) is 5.73 Å². The van der Waals surface area contributed by atoms with E-state index < -0.39 is 21.2 Å². The first-order chi connectivity index (χ1) is 7.36. The van der Waals surface area contributed by atoms with E-state index in [1.807, 2.05) is 0 Å². The predicted molar refractivity (Wildman–Crippen MR) is 64.7 cm³/mol. The van der Waals surface area contributed by atoms with Crippen molar-refractivity contribution >= 4 is 15.5 Å². The van der Waals surface area contributed by atoms with Crippen molar-refractivity contribution in [1.29, 1.82) is 0 Å². The molecule has 0 saturated carbocycles. The molecule has 0 aromatic heterocycles. The van der Waals surface area contributed by atoms with Gasteiger partial charge in [-0.25, -0.2) is 8.42 Å². The van der Waals surface area contributed by atoms with Gasteiger partial charge in [-0.3, -0.25) is 0 Å². The molecule has 4 nitrogen and oxygen atoms in total. The zero-order chi connectivity index (χ0) is 12.3. The number of benzene rings is 1. The summed E-state index contributed by atoms with van der Waals surface area (Å²) in [5, 5.41) is 9.22. The second-order valence-electron chi connectivity index (χ2n) is 3.89. The van der Waals surface area contributed by atoms with Crippen molar-refractivity contribution in [3.8, 4) is 0 Å². The van der Waals surface area contributed by atoms with E-state index in [-0.39, 0.29) is 0 Å². The first-order valence-corrected chi connectivity index (χ1v) is 7.04. The number of aliphatic hydroxyl groups excluding tert-OH is 1. The molecule has 0 radical (unpaired) electrons. The van der Waals surface area contributed by atoms with Gasteiger partial charge in [0.05, 0.1) is 11.4 Å². The molecule has 0 saturated heterocycles. The Morgan fingerprint density at radius 1 is 1.44 bits per heavy atom. The highest BCUT2D eigenvalue weighted by Gasteiger charge is 2.28. The Hall–Kier alpha value is -1.07. The van der Waals surface area contributed by atoms with Gasteiger partial charge in [-0.1, -0.05) is 19.1 Å². The molecular formula is C11H17NO3S. The predicted octanol–water partition coefficient (Wildman–Crippen LogP) is 1.13. The second-order valence-corrected chi connectivity index (χ2v) is 6.16. The number of rotatable bonds is 4. The van der Waals surface area contributed by atoms with Crippen LogP contribution in [0.25, 0.3) is 0 Å². The summed E-state index contributed by atoms with van der Waals surface area (Å²) in [6.07, 6.45) is 0.481. The van der Waals surface area contributed by atoms with E-state index in [9.17, 15) is 13.5 Å². The SMILES string of the molecule is CC[C@@H]([C@H](O)c1cccc(N)c1)S(C)(=O)=O. The standard InChI is InChI=1S/C11H17NO3S/c1-3-10(16(2,14)15)11(13)8-5-4-6-9(12)7-8/h4-7,10-11,13H,3,12H2,1-2H3/t10-,11+/m0/s1. The lowest BCUT2D eigenvalue weighted by molar-refractivity contribution is 0.169. The molecule has 0 unspecified atom stereocenters. The molecule has 0 aliphatic carbocycles. The maximum absolute atomic E-state index is 11.5. The summed E-state index contributed by atoms with van der Waals surface area (Å²) in [5.74, 6) is 0. The van der Waals surface area contributed by atoms with E-state index in [0.717, 1.165) is 6.26 Å². The van der Waals surface area contributed by atoms with Gasteiger partial charge < -0.3 is 10.8 Å². The maximum Gasteiger partial charge on any atom is 0.153 e. The molecular weight excluding hydrogens is 226 g/mol. The van der Waals surface area contributed by atoms with Crippen molar-refractivity contribution in [2.45, 2.75) is 24.7 Å². The summed E-state index contributed by atoms with van der Waals surface area (Å²) >= 11 is 0. The molecule has 1 aromatic rings. The molecule has 0 heterocycles. The molecule has 3 N–H and O–H groups in total.